The molecule has 0 unspecified atom stereocenters. The van der Waals surface area contributed by atoms with Crippen molar-refractivity contribution in [2.24, 2.45) is 0 Å². The van der Waals surface area contributed by atoms with Gasteiger partial charge in [0, 0.05) is 24.0 Å². The fourth-order valence-electron chi connectivity index (χ4n) is 3.00. The highest BCUT2D eigenvalue weighted by Gasteiger charge is 2.24. The van der Waals surface area contributed by atoms with Gasteiger partial charge in [-0.05, 0) is 43.5 Å². The van der Waals surface area contributed by atoms with Crippen LogP contribution in [0.15, 0.2) is 33.5 Å². The molecule has 0 spiro atoms. The number of hydrogen-bond donors (Lipinski definition) is 1. The topological polar surface area (TPSA) is 53.7 Å². The van der Waals surface area contributed by atoms with E-state index in [1.807, 2.05) is 25.1 Å². The second kappa shape index (κ2) is 5.38. The molecule has 106 valence electrons. The molecule has 0 aliphatic carbocycles. The molecule has 2 heterocycles. The van der Waals surface area contributed by atoms with E-state index in [1.54, 1.807) is 6.07 Å². The summed E-state index contributed by atoms with van der Waals surface area (Å²) in [7, 11) is 0. The van der Waals surface area contributed by atoms with Crippen LogP contribution in [0.25, 0.3) is 11.0 Å². The standard InChI is InChI=1S/C16H19NO3/c1-11-4-5-14-12(8-16(19)20-15(14)7-11)9-17-6-2-3-13(17)10-18/h4-5,7-8,13,18H,2-3,6,9-10H2,1H3/t13-/m0/s1. The lowest BCUT2D eigenvalue weighted by Crippen LogP contribution is -2.31. The van der Waals surface area contributed by atoms with Crippen molar-refractivity contribution in [1.82, 2.24) is 4.90 Å². The zero-order valence-corrected chi connectivity index (χ0v) is 11.6. The van der Waals surface area contributed by atoms with Crippen molar-refractivity contribution in [2.45, 2.75) is 32.4 Å². The lowest BCUT2D eigenvalue weighted by atomic mass is 10.1. The van der Waals surface area contributed by atoms with Gasteiger partial charge in [0.1, 0.15) is 5.58 Å². The van der Waals surface area contributed by atoms with E-state index in [-0.39, 0.29) is 18.3 Å². The maximum atomic E-state index is 11.7. The molecule has 1 N–H and O–H groups in total. The molecule has 1 aliphatic heterocycles. The first-order valence-electron chi connectivity index (χ1n) is 7.05. The zero-order valence-electron chi connectivity index (χ0n) is 11.6. The summed E-state index contributed by atoms with van der Waals surface area (Å²) < 4.78 is 5.28. The van der Waals surface area contributed by atoms with Crippen LogP contribution in [0, 0.1) is 6.92 Å². The van der Waals surface area contributed by atoms with Gasteiger partial charge in [0.05, 0.1) is 6.61 Å². The Morgan fingerprint density at radius 3 is 3.05 bits per heavy atom. The second-order valence-electron chi connectivity index (χ2n) is 5.54. The van der Waals surface area contributed by atoms with Crippen molar-refractivity contribution in [2.75, 3.05) is 13.2 Å². The third-order valence-corrected chi connectivity index (χ3v) is 4.07. The van der Waals surface area contributed by atoms with E-state index in [0.717, 1.165) is 35.9 Å². The van der Waals surface area contributed by atoms with Crippen molar-refractivity contribution < 1.29 is 9.52 Å². The molecule has 4 heteroatoms. The SMILES string of the molecule is Cc1ccc2c(CN3CCC[C@H]3CO)cc(=O)oc2c1. The molecule has 4 nitrogen and oxygen atoms in total. The smallest absolute Gasteiger partial charge is 0.336 e. The van der Waals surface area contributed by atoms with Crippen molar-refractivity contribution in [3.05, 3.63) is 45.8 Å². The first kappa shape index (κ1) is 13.3. The molecule has 1 saturated heterocycles. The Kier molecular flexibility index (Phi) is 3.59. The highest BCUT2D eigenvalue weighted by molar-refractivity contribution is 5.80. The van der Waals surface area contributed by atoms with Gasteiger partial charge < -0.3 is 9.52 Å². The molecule has 0 saturated carbocycles. The van der Waals surface area contributed by atoms with Gasteiger partial charge in [-0.1, -0.05) is 12.1 Å². The average Bonchev–Trinajstić information content (AvgIpc) is 2.85. The van der Waals surface area contributed by atoms with Crippen LogP contribution >= 0.6 is 0 Å². The molecule has 3 rings (SSSR count). The Bertz CT molecular complexity index is 677. The van der Waals surface area contributed by atoms with Gasteiger partial charge in [-0.15, -0.1) is 0 Å². The lowest BCUT2D eigenvalue weighted by Gasteiger charge is -2.23. The van der Waals surface area contributed by atoms with E-state index in [9.17, 15) is 9.90 Å². The summed E-state index contributed by atoms with van der Waals surface area (Å²) in [6.07, 6.45) is 2.12. The van der Waals surface area contributed by atoms with Crippen LogP contribution in [-0.4, -0.2) is 29.2 Å². The lowest BCUT2D eigenvalue weighted by molar-refractivity contribution is 0.154. The number of fused-ring (bicyclic) bond motifs is 1. The van der Waals surface area contributed by atoms with Crippen LogP contribution in [0.5, 0.6) is 0 Å². The van der Waals surface area contributed by atoms with Gasteiger partial charge in [-0.25, -0.2) is 4.79 Å². The van der Waals surface area contributed by atoms with Crippen LogP contribution in [-0.2, 0) is 6.54 Å². The van der Waals surface area contributed by atoms with Gasteiger partial charge in [-0.3, -0.25) is 4.90 Å². The Balaban J connectivity index is 2.00. The molecule has 1 aromatic heterocycles. The summed E-state index contributed by atoms with van der Waals surface area (Å²) in [5.41, 5.74) is 2.40. The number of rotatable bonds is 3. The van der Waals surface area contributed by atoms with E-state index >= 15 is 0 Å². The van der Waals surface area contributed by atoms with Crippen LogP contribution in [0.2, 0.25) is 0 Å². The van der Waals surface area contributed by atoms with Crippen LogP contribution in [0.1, 0.15) is 24.0 Å². The Labute approximate surface area is 117 Å². The van der Waals surface area contributed by atoms with E-state index < -0.39 is 0 Å². The minimum Gasteiger partial charge on any atom is -0.423 e. The van der Waals surface area contributed by atoms with Gasteiger partial charge in [0.2, 0.25) is 0 Å². The number of aryl methyl sites for hydroxylation is 1. The minimum absolute atomic E-state index is 0.179. The molecule has 2 aromatic rings. The first-order chi connectivity index (χ1) is 9.67. The van der Waals surface area contributed by atoms with Crippen molar-refractivity contribution in [3.8, 4) is 0 Å². The second-order valence-corrected chi connectivity index (χ2v) is 5.54. The number of aliphatic hydroxyl groups is 1. The van der Waals surface area contributed by atoms with E-state index in [0.29, 0.717) is 12.1 Å². The number of aliphatic hydroxyl groups excluding tert-OH is 1. The zero-order chi connectivity index (χ0) is 14.1. The number of hydrogen-bond acceptors (Lipinski definition) is 4. The molecule has 1 aliphatic rings. The number of likely N-dealkylation sites (tertiary alicyclic amines) is 1. The molecule has 1 aromatic carbocycles. The predicted octanol–water partition coefficient (Wildman–Crippen LogP) is 2.06. The Morgan fingerprint density at radius 2 is 2.25 bits per heavy atom. The van der Waals surface area contributed by atoms with Gasteiger partial charge in [-0.2, -0.15) is 0 Å². The van der Waals surface area contributed by atoms with Crippen molar-refractivity contribution in [3.63, 3.8) is 0 Å². The maximum absolute atomic E-state index is 11.7. The number of benzene rings is 1. The molecule has 0 amide bonds. The predicted molar refractivity (Wildman–Crippen MR) is 77.7 cm³/mol. The normalized spacial score (nSPS) is 19.8. The molecule has 1 fully saturated rings. The molecule has 0 bridgehead atoms. The minimum atomic E-state index is -0.308. The molecular formula is C16H19NO3. The summed E-state index contributed by atoms with van der Waals surface area (Å²) in [6, 6.07) is 7.72. The average molecular weight is 273 g/mol. The van der Waals surface area contributed by atoms with Gasteiger partial charge in [0.15, 0.2) is 0 Å². The monoisotopic (exact) mass is 273 g/mol. The summed E-state index contributed by atoms with van der Waals surface area (Å²) in [4.78, 5) is 13.9. The largest absolute Gasteiger partial charge is 0.423 e. The summed E-state index contributed by atoms with van der Waals surface area (Å²) in [5.74, 6) is 0. The van der Waals surface area contributed by atoms with Crippen molar-refractivity contribution >= 4 is 11.0 Å². The molecule has 1 atom stereocenters. The molecule has 0 radical (unpaired) electrons. The van der Waals surface area contributed by atoms with Crippen LogP contribution < -0.4 is 5.63 Å². The third kappa shape index (κ3) is 2.49. The van der Waals surface area contributed by atoms with E-state index in [4.69, 9.17) is 4.42 Å². The Hall–Kier alpha value is -1.65. The van der Waals surface area contributed by atoms with Crippen LogP contribution in [0.3, 0.4) is 0 Å². The van der Waals surface area contributed by atoms with Gasteiger partial charge >= 0.3 is 5.63 Å². The van der Waals surface area contributed by atoms with Crippen LogP contribution in [0.4, 0.5) is 0 Å². The molecule has 20 heavy (non-hydrogen) atoms. The quantitative estimate of drug-likeness (QED) is 0.870. The van der Waals surface area contributed by atoms with Crippen molar-refractivity contribution in [1.29, 1.82) is 0 Å². The fourth-order valence-corrected chi connectivity index (χ4v) is 3.00. The van der Waals surface area contributed by atoms with Gasteiger partial charge in [0.25, 0.3) is 0 Å². The summed E-state index contributed by atoms with van der Waals surface area (Å²) >= 11 is 0. The third-order valence-electron chi connectivity index (χ3n) is 4.07. The first-order valence-corrected chi connectivity index (χ1v) is 7.05. The summed E-state index contributed by atoms with van der Waals surface area (Å²) in [5, 5.41) is 10.4. The van der Waals surface area contributed by atoms with E-state index in [2.05, 4.69) is 4.90 Å². The number of nitrogens with zero attached hydrogens (tertiary/aromatic N) is 1. The van der Waals surface area contributed by atoms with E-state index in [1.165, 1.54) is 0 Å². The summed E-state index contributed by atoms with van der Waals surface area (Å²) in [6.45, 7) is 3.82. The highest BCUT2D eigenvalue weighted by atomic mass is 16.4. The fraction of sp³-hybridized carbons (Fsp3) is 0.438. The maximum Gasteiger partial charge on any atom is 0.336 e. The Morgan fingerprint density at radius 1 is 1.40 bits per heavy atom. The highest BCUT2D eigenvalue weighted by Crippen LogP contribution is 2.24. The molecular weight excluding hydrogens is 254 g/mol.